The van der Waals surface area contributed by atoms with E-state index in [2.05, 4.69) is 20.3 Å². The summed E-state index contributed by atoms with van der Waals surface area (Å²) in [6.07, 6.45) is 8.69. The zero-order valence-corrected chi connectivity index (χ0v) is 12.8. The number of aliphatic hydroxyl groups excluding tert-OH is 1. The van der Waals surface area contributed by atoms with Crippen molar-refractivity contribution in [3.8, 4) is 0 Å². The second kappa shape index (κ2) is 7.28. The Balaban J connectivity index is 1.60. The SMILES string of the molecule is O=C(CCc1cnccn1)N[C@@H](c1ccccn1)C1CC(O)C1. The predicted octanol–water partition coefficient (Wildman–Crippen LogP) is 1.43. The van der Waals surface area contributed by atoms with Crippen LogP contribution in [0.25, 0.3) is 0 Å². The van der Waals surface area contributed by atoms with E-state index in [0.717, 1.165) is 11.4 Å². The van der Waals surface area contributed by atoms with Crippen molar-refractivity contribution < 1.29 is 9.90 Å². The average molecular weight is 312 g/mol. The van der Waals surface area contributed by atoms with E-state index < -0.39 is 0 Å². The van der Waals surface area contributed by atoms with Crippen molar-refractivity contribution in [2.75, 3.05) is 0 Å². The van der Waals surface area contributed by atoms with Crippen LogP contribution in [-0.4, -0.2) is 32.1 Å². The summed E-state index contributed by atoms with van der Waals surface area (Å²) in [5.41, 5.74) is 1.65. The van der Waals surface area contributed by atoms with Gasteiger partial charge in [0.05, 0.1) is 23.5 Å². The summed E-state index contributed by atoms with van der Waals surface area (Å²) in [5.74, 6) is 0.202. The monoisotopic (exact) mass is 312 g/mol. The zero-order valence-electron chi connectivity index (χ0n) is 12.8. The first-order chi connectivity index (χ1) is 11.2. The van der Waals surface area contributed by atoms with Gasteiger partial charge in [-0.3, -0.25) is 19.7 Å². The van der Waals surface area contributed by atoms with Gasteiger partial charge in [-0.2, -0.15) is 0 Å². The third-order valence-corrected chi connectivity index (χ3v) is 4.17. The van der Waals surface area contributed by atoms with Crippen LogP contribution >= 0.6 is 0 Å². The van der Waals surface area contributed by atoms with Crippen LogP contribution in [0.3, 0.4) is 0 Å². The number of aromatic nitrogens is 3. The fourth-order valence-corrected chi connectivity index (χ4v) is 2.84. The molecule has 3 rings (SSSR count). The lowest BCUT2D eigenvalue weighted by molar-refractivity contribution is -0.123. The number of carbonyl (C=O) groups excluding carboxylic acids is 1. The Morgan fingerprint density at radius 3 is 2.78 bits per heavy atom. The van der Waals surface area contributed by atoms with Gasteiger partial charge in [-0.25, -0.2) is 0 Å². The molecular weight excluding hydrogens is 292 g/mol. The van der Waals surface area contributed by atoms with E-state index >= 15 is 0 Å². The van der Waals surface area contributed by atoms with Gasteiger partial charge < -0.3 is 10.4 Å². The molecule has 2 N–H and O–H groups in total. The van der Waals surface area contributed by atoms with Crippen molar-refractivity contribution in [3.05, 3.63) is 54.4 Å². The molecule has 0 saturated heterocycles. The van der Waals surface area contributed by atoms with Crippen molar-refractivity contribution in [1.29, 1.82) is 0 Å². The summed E-state index contributed by atoms with van der Waals surface area (Å²) >= 11 is 0. The Hall–Kier alpha value is -2.34. The van der Waals surface area contributed by atoms with Gasteiger partial charge in [0.25, 0.3) is 0 Å². The van der Waals surface area contributed by atoms with E-state index in [-0.39, 0.29) is 24.0 Å². The number of rotatable bonds is 6. The van der Waals surface area contributed by atoms with Crippen LogP contribution in [0.15, 0.2) is 43.0 Å². The van der Waals surface area contributed by atoms with Gasteiger partial charge in [0.1, 0.15) is 0 Å². The smallest absolute Gasteiger partial charge is 0.220 e. The molecule has 1 saturated carbocycles. The van der Waals surface area contributed by atoms with Crippen LogP contribution in [0.4, 0.5) is 0 Å². The molecule has 2 aromatic heterocycles. The van der Waals surface area contributed by atoms with E-state index in [1.807, 2.05) is 18.2 Å². The van der Waals surface area contributed by atoms with Crippen LogP contribution in [0.2, 0.25) is 0 Å². The summed E-state index contributed by atoms with van der Waals surface area (Å²) in [7, 11) is 0. The normalized spacial score (nSPS) is 21.3. The zero-order chi connectivity index (χ0) is 16.1. The number of nitrogens with zero attached hydrogens (tertiary/aromatic N) is 3. The molecule has 1 aliphatic rings. The number of aryl methyl sites for hydroxylation is 1. The molecule has 23 heavy (non-hydrogen) atoms. The largest absolute Gasteiger partial charge is 0.393 e. The number of aliphatic hydroxyl groups is 1. The highest BCUT2D eigenvalue weighted by Gasteiger charge is 2.36. The molecule has 0 radical (unpaired) electrons. The predicted molar refractivity (Wildman–Crippen MR) is 84.2 cm³/mol. The maximum atomic E-state index is 12.3. The first-order valence-electron chi connectivity index (χ1n) is 7.85. The molecule has 6 heteroatoms. The topological polar surface area (TPSA) is 88.0 Å². The maximum Gasteiger partial charge on any atom is 0.220 e. The number of nitrogens with one attached hydrogen (secondary N) is 1. The molecule has 0 aromatic carbocycles. The van der Waals surface area contributed by atoms with Gasteiger partial charge in [0, 0.05) is 31.2 Å². The molecule has 1 aliphatic carbocycles. The molecule has 6 nitrogen and oxygen atoms in total. The third kappa shape index (κ3) is 4.10. The first-order valence-corrected chi connectivity index (χ1v) is 7.85. The van der Waals surface area contributed by atoms with E-state index in [0.29, 0.717) is 25.7 Å². The quantitative estimate of drug-likeness (QED) is 0.842. The van der Waals surface area contributed by atoms with Gasteiger partial charge in [-0.05, 0) is 37.3 Å². The number of hydrogen-bond acceptors (Lipinski definition) is 5. The summed E-state index contributed by atoms with van der Waals surface area (Å²) in [6.45, 7) is 0. The maximum absolute atomic E-state index is 12.3. The van der Waals surface area contributed by atoms with Crippen LogP contribution in [0, 0.1) is 5.92 Å². The summed E-state index contributed by atoms with van der Waals surface area (Å²) in [6, 6.07) is 5.54. The average Bonchev–Trinajstić information content (AvgIpc) is 2.57. The second-order valence-electron chi connectivity index (χ2n) is 5.88. The minimum atomic E-state index is -0.261. The lowest BCUT2D eigenvalue weighted by atomic mass is 9.76. The number of pyridine rings is 1. The summed E-state index contributed by atoms with van der Waals surface area (Å²) in [5, 5.41) is 12.6. The molecule has 0 unspecified atom stereocenters. The highest BCUT2D eigenvalue weighted by Crippen LogP contribution is 2.37. The molecule has 0 spiro atoms. The number of carbonyl (C=O) groups is 1. The molecule has 120 valence electrons. The molecule has 0 aliphatic heterocycles. The van der Waals surface area contributed by atoms with E-state index in [1.54, 1.807) is 24.8 Å². The minimum absolute atomic E-state index is 0.0345. The Kier molecular flexibility index (Phi) is 4.92. The Morgan fingerprint density at radius 1 is 1.26 bits per heavy atom. The lowest BCUT2D eigenvalue weighted by Gasteiger charge is -2.37. The number of amides is 1. The van der Waals surface area contributed by atoms with Crippen LogP contribution in [-0.2, 0) is 11.2 Å². The van der Waals surface area contributed by atoms with Crippen LogP contribution in [0.1, 0.15) is 36.7 Å². The molecule has 1 fully saturated rings. The van der Waals surface area contributed by atoms with Gasteiger partial charge in [0.15, 0.2) is 0 Å². The van der Waals surface area contributed by atoms with Crippen molar-refractivity contribution in [3.63, 3.8) is 0 Å². The van der Waals surface area contributed by atoms with Crippen molar-refractivity contribution in [2.45, 2.75) is 37.8 Å². The molecule has 1 atom stereocenters. The van der Waals surface area contributed by atoms with Crippen LogP contribution < -0.4 is 5.32 Å². The van der Waals surface area contributed by atoms with Crippen LogP contribution in [0.5, 0.6) is 0 Å². The highest BCUT2D eigenvalue weighted by atomic mass is 16.3. The molecule has 1 amide bonds. The van der Waals surface area contributed by atoms with Gasteiger partial charge in [0.2, 0.25) is 5.91 Å². The number of hydrogen-bond donors (Lipinski definition) is 2. The molecular formula is C17H20N4O2. The molecule has 0 bridgehead atoms. The van der Waals surface area contributed by atoms with Crippen molar-refractivity contribution >= 4 is 5.91 Å². The summed E-state index contributed by atoms with van der Waals surface area (Å²) in [4.78, 5) is 24.8. The van der Waals surface area contributed by atoms with E-state index in [4.69, 9.17) is 0 Å². The molecule has 2 aromatic rings. The summed E-state index contributed by atoms with van der Waals surface area (Å²) < 4.78 is 0. The van der Waals surface area contributed by atoms with Gasteiger partial charge in [-0.15, -0.1) is 0 Å². The third-order valence-electron chi connectivity index (χ3n) is 4.17. The second-order valence-corrected chi connectivity index (χ2v) is 5.88. The Labute approximate surface area is 135 Å². The fraction of sp³-hybridized carbons (Fsp3) is 0.412. The van der Waals surface area contributed by atoms with E-state index in [9.17, 15) is 9.90 Å². The highest BCUT2D eigenvalue weighted by molar-refractivity contribution is 5.76. The first kappa shape index (κ1) is 15.6. The minimum Gasteiger partial charge on any atom is -0.393 e. The molecule has 2 heterocycles. The van der Waals surface area contributed by atoms with Crippen molar-refractivity contribution in [2.24, 2.45) is 5.92 Å². The standard InChI is InChI=1S/C17H20N4O2/c22-14-9-12(10-14)17(15-3-1-2-6-20-15)21-16(23)5-4-13-11-18-7-8-19-13/h1-3,6-8,11-12,14,17,22H,4-5,9-10H2,(H,21,23)/t12?,14?,17-/m1/s1. The Morgan fingerprint density at radius 2 is 2.13 bits per heavy atom. The Bertz CT molecular complexity index is 630. The van der Waals surface area contributed by atoms with Gasteiger partial charge >= 0.3 is 0 Å². The van der Waals surface area contributed by atoms with Crippen molar-refractivity contribution in [1.82, 2.24) is 20.3 Å². The fourth-order valence-electron chi connectivity index (χ4n) is 2.84. The lowest BCUT2D eigenvalue weighted by Crippen LogP contribution is -2.41. The van der Waals surface area contributed by atoms with E-state index in [1.165, 1.54) is 0 Å². The van der Waals surface area contributed by atoms with Gasteiger partial charge in [-0.1, -0.05) is 6.07 Å².